The Labute approximate surface area is 204 Å². The van der Waals surface area contributed by atoms with E-state index in [-0.39, 0.29) is 17.0 Å². The molecule has 36 heavy (non-hydrogen) atoms. The maximum Gasteiger partial charge on any atom is 0.417 e. The molecule has 0 radical (unpaired) electrons. The number of rotatable bonds is 7. The first-order valence-corrected chi connectivity index (χ1v) is 12.4. The molecule has 1 aliphatic rings. The normalized spacial score (nSPS) is 24.7. The molecule has 3 rings (SSSR count). The van der Waals surface area contributed by atoms with E-state index in [1.807, 2.05) is 0 Å². The van der Waals surface area contributed by atoms with E-state index in [0.29, 0.717) is 0 Å². The molecule has 1 fully saturated rings. The van der Waals surface area contributed by atoms with Crippen LogP contribution in [-0.4, -0.2) is 73.2 Å². The van der Waals surface area contributed by atoms with Gasteiger partial charge in [-0.3, -0.25) is 9.52 Å². The second-order valence-corrected chi connectivity index (χ2v) is 9.93. The van der Waals surface area contributed by atoms with Crippen LogP contribution in [0, 0.1) is 0 Å². The molecule has 1 heterocycles. The summed E-state index contributed by atoms with van der Waals surface area (Å²) in [5.41, 5.74) is -1.63. The molecular formula is C22H25F3N2O8S. The lowest BCUT2D eigenvalue weighted by molar-refractivity contribution is -0.244. The Morgan fingerprint density at radius 1 is 1.14 bits per heavy atom. The maximum atomic E-state index is 14.0. The highest BCUT2D eigenvalue weighted by atomic mass is 32.2. The Balaban J connectivity index is 2.12. The van der Waals surface area contributed by atoms with Crippen molar-refractivity contribution < 1.29 is 51.2 Å². The smallest absolute Gasteiger partial charge is 0.417 e. The number of carbonyl (C=O) groups excluding carboxylic acids is 1. The number of benzene rings is 2. The molecule has 14 heteroatoms. The second kappa shape index (κ2) is 10.6. The van der Waals surface area contributed by atoms with E-state index < -0.39 is 70.5 Å². The zero-order valence-electron chi connectivity index (χ0n) is 19.1. The first-order valence-electron chi connectivity index (χ1n) is 10.6. The zero-order chi connectivity index (χ0) is 26.8. The van der Waals surface area contributed by atoms with Gasteiger partial charge in [0.05, 0.1) is 18.4 Å². The Kier molecular flexibility index (Phi) is 8.15. The summed E-state index contributed by atoms with van der Waals surface area (Å²) in [5, 5.41) is 32.5. The number of anilines is 1. The van der Waals surface area contributed by atoms with Crippen molar-refractivity contribution in [2.24, 2.45) is 0 Å². The lowest BCUT2D eigenvalue weighted by Crippen LogP contribution is -2.65. The van der Waals surface area contributed by atoms with Gasteiger partial charge in [-0.05, 0) is 29.8 Å². The summed E-state index contributed by atoms with van der Waals surface area (Å²) in [6.07, 6.45) is -10.2. The van der Waals surface area contributed by atoms with Crippen LogP contribution in [0.3, 0.4) is 0 Å². The summed E-state index contributed by atoms with van der Waals surface area (Å²) >= 11 is 0. The third-order valence-electron chi connectivity index (χ3n) is 5.28. The summed E-state index contributed by atoms with van der Waals surface area (Å²) in [4.78, 5) is 11.7. The first-order chi connectivity index (χ1) is 16.7. The third-order valence-corrected chi connectivity index (χ3v) is 5.89. The van der Waals surface area contributed by atoms with E-state index in [4.69, 9.17) is 9.47 Å². The molecular weight excluding hydrogens is 509 g/mol. The fourth-order valence-electron chi connectivity index (χ4n) is 3.81. The number of amides is 1. The lowest BCUT2D eigenvalue weighted by Gasteiger charge is -2.42. The van der Waals surface area contributed by atoms with E-state index in [9.17, 15) is 41.7 Å². The standard InChI is InChI=1S/C22H25F3N2O8S/c1-11(29)26-18-20(31)19(30)16(10-28)35-21(18)34-15-8-4-7-14(22(23,24)25)17(15)12-5-3-6-13(9-12)27-36(2,32)33/h3-9,16,18-21,27-28,30-31H,10H2,1-2H3,(H,26,29). The highest BCUT2D eigenvalue weighted by Gasteiger charge is 2.46. The zero-order valence-corrected chi connectivity index (χ0v) is 19.9. The summed E-state index contributed by atoms with van der Waals surface area (Å²) in [5.74, 6) is -1.02. The van der Waals surface area contributed by atoms with E-state index >= 15 is 0 Å². The van der Waals surface area contributed by atoms with Crippen molar-refractivity contribution in [1.29, 1.82) is 0 Å². The monoisotopic (exact) mass is 534 g/mol. The molecule has 10 nitrogen and oxygen atoms in total. The molecule has 2 aromatic rings. The van der Waals surface area contributed by atoms with E-state index in [1.54, 1.807) is 0 Å². The number of sulfonamides is 1. The molecule has 0 spiro atoms. The third kappa shape index (κ3) is 6.44. The second-order valence-electron chi connectivity index (χ2n) is 8.18. The van der Waals surface area contributed by atoms with Gasteiger partial charge >= 0.3 is 6.18 Å². The van der Waals surface area contributed by atoms with E-state index in [2.05, 4.69) is 10.0 Å². The van der Waals surface area contributed by atoms with Crippen molar-refractivity contribution in [3.8, 4) is 16.9 Å². The first kappa shape index (κ1) is 27.7. The molecule has 5 atom stereocenters. The van der Waals surface area contributed by atoms with Gasteiger partial charge in [-0.1, -0.05) is 18.2 Å². The van der Waals surface area contributed by atoms with Crippen LogP contribution in [0.1, 0.15) is 12.5 Å². The molecule has 1 saturated heterocycles. The molecule has 1 aliphatic heterocycles. The predicted molar refractivity (Wildman–Crippen MR) is 121 cm³/mol. The number of nitrogens with one attached hydrogen (secondary N) is 2. The van der Waals surface area contributed by atoms with Gasteiger partial charge in [0.25, 0.3) is 0 Å². The van der Waals surface area contributed by atoms with Gasteiger partial charge in [0.15, 0.2) is 0 Å². The predicted octanol–water partition coefficient (Wildman–Crippen LogP) is 1.07. The van der Waals surface area contributed by atoms with Gasteiger partial charge in [0.2, 0.25) is 22.2 Å². The number of alkyl halides is 3. The topological polar surface area (TPSA) is 154 Å². The number of carbonyl (C=O) groups is 1. The summed E-state index contributed by atoms with van der Waals surface area (Å²) < 4.78 is 78.6. The average molecular weight is 535 g/mol. The minimum absolute atomic E-state index is 0.00172. The molecule has 5 N–H and O–H groups in total. The minimum atomic E-state index is -4.84. The van der Waals surface area contributed by atoms with Gasteiger partial charge in [-0.25, -0.2) is 8.42 Å². The van der Waals surface area contributed by atoms with E-state index in [1.165, 1.54) is 30.3 Å². The van der Waals surface area contributed by atoms with Gasteiger partial charge in [-0.15, -0.1) is 0 Å². The molecule has 0 bridgehead atoms. The van der Waals surface area contributed by atoms with Crippen molar-refractivity contribution >= 4 is 21.6 Å². The van der Waals surface area contributed by atoms with Crippen molar-refractivity contribution in [2.75, 3.05) is 17.6 Å². The Bertz CT molecular complexity index is 1210. The van der Waals surface area contributed by atoms with Gasteiger partial charge in [-0.2, -0.15) is 13.2 Å². The van der Waals surface area contributed by atoms with Crippen LogP contribution in [0.15, 0.2) is 42.5 Å². The number of hydrogen-bond donors (Lipinski definition) is 5. The molecule has 2 aromatic carbocycles. The van der Waals surface area contributed by atoms with Crippen LogP contribution < -0.4 is 14.8 Å². The largest absolute Gasteiger partial charge is 0.462 e. The average Bonchev–Trinajstić information content (AvgIpc) is 2.76. The maximum absolute atomic E-state index is 14.0. The van der Waals surface area contributed by atoms with Crippen LogP contribution in [0.2, 0.25) is 0 Å². The molecule has 0 aliphatic carbocycles. The van der Waals surface area contributed by atoms with E-state index in [0.717, 1.165) is 25.3 Å². The van der Waals surface area contributed by atoms with Crippen LogP contribution in [0.25, 0.3) is 11.1 Å². The summed E-state index contributed by atoms with van der Waals surface area (Å²) in [7, 11) is -3.73. The minimum Gasteiger partial charge on any atom is -0.462 e. The number of aliphatic hydroxyl groups excluding tert-OH is 3. The highest BCUT2D eigenvalue weighted by Crippen LogP contribution is 2.43. The van der Waals surface area contributed by atoms with Crippen LogP contribution >= 0.6 is 0 Å². The number of ether oxygens (including phenoxy) is 2. The van der Waals surface area contributed by atoms with Gasteiger partial charge in [0, 0.05) is 18.2 Å². The fourth-order valence-corrected chi connectivity index (χ4v) is 4.37. The van der Waals surface area contributed by atoms with Crippen LogP contribution in [0.5, 0.6) is 5.75 Å². The molecule has 198 valence electrons. The Hall–Kier alpha value is -2.91. The molecule has 0 saturated carbocycles. The molecule has 5 unspecified atom stereocenters. The SMILES string of the molecule is CC(=O)NC1C(Oc2cccc(C(F)(F)F)c2-c2cccc(NS(C)(=O)=O)c2)OC(CO)C(O)C1O. The number of hydrogen-bond acceptors (Lipinski definition) is 8. The Morgan fingerprint density at radius 3 is 2.39 bits per heavy atom. The Morgan fingerprint density at radius 2 is 1.81 bits per heavy atom. The highest BCUT2D eigenvalue weighted by molar-refractivity contribution is 7.92. The van der Waals surface area contributed by atoms with Gasteiger partial charge < -0.3 is 30.1 Å². The lowest BCUT2D eigenvalue weighted by atomic mass is 9.96. The van der Waals surface area contributed by atoms with Crippen molar-refractivity contribution in [2.45, 2.75) is 43.7 Å². The quantitative estimate of drug-likeness (QED) is 0.354. The fraction of sp³-hybridized carbons (Fsp3) is 0.409. The summed E-state index contributed by atoms with van der Waals surface area (Å²) in [6.45, 7) is 0.365. The van der Waals surface area contributed by atoms with Crippen LogP contribution in [-0.2, 0) is 25.7 Å². The van der Waals surface area contributed by atoms with Crippen molar-refractivity contribution in [1.82, 2.24) is 5.32 Å². The van der Waals surface area contributed by atoms with Crippen molar-refractivity contribution in [3.63, 3.8) is 0 Å². The molecule has 0 aromatic heterocycles. The van der Waals surface area contributed by atoms with Crippen molar-refractivity contribution in [3.05, 3.63) is 48.0 Å². The number of aliphatic hydroxyl groups is 3. The van der Waals surface area contributed by atoms with Gasteiger partial charge in [0.1, 0.15) is 30.1 Å². The van der Waals surface area contributed by atoms with Crippen LogP contribution in [0.4, 0.5) is 18.9 Å². The summed E-state index contributed by atoms with van der Waals surface area (Å²) in [6, 6.07) is 6.86. The molecule has 1 amide bonds. The number of halogens is 3.